The monoisotopic (exact) mass is 249 g/mol. The summed E-state index contributed by atoms with van der Waals surface area (Å²) in [6.07, 6.45) is 2.23. The Kier molecular flexibility index (Phi) is 4.25. The summed E-state index contributed by atoms with van der Waals surface area (Å²) < 4.78 is 11.5. The first kappa shape index (κ1) is 13.4. The molecule has 1 aromatic carbocycles. The van der Waals surface area contributed by atoms with Gasteiger partial charge in [-0.15, -0.1) is 0 Å². The van der Waals surface area contributed by atoms with Crippen molar-refractivity contribution in [1.29, 1.82) is 0 Å². The van der Waals surface area contributed by atoms with Gasteiger partial charge in [0.15, 0.2) is 0 Å². The number of rotatable bonds is 5. The molecule has 1 aliphatic heterocycles. The van der Waals surface area contributed by atoms with E-state index in [2.05, 4.69) is 24.4 Å². The van der Waals surface area contributed by atoms with Crippen molar-refractivity contribution >= 4 is 0 Å². The highest BCUT2D eigenvalue weighted by Crippen LogP contribution is 2.37. The van der Waals surface area contributed by atoms with Gasteiger partial charge in [0.1, 0.15) is 5.75 Å². The highest BCUT2D eigenvalue weighted by atomic mass is 16.5. The van der Waals surface area contributed by atoms with Gasteiger partial charge in [-0.25, -0.2) is 0 Å². The maximum Gasteiger partial charge on any atom is 0.119 e. The van der Waals surface area contributed by atoms with Gasteiger partial charge in [-0.2, -0.15) is 0 Å². The highest BCUT2D eigenvalue weighted by molar-refractivity contribution is 5.32. The van der Waals surface area contributed by atoms with E-state index in [0.29, 0.717) is 6.61 Å². The van der Waals surface area contributed by atoms with Crippen LogP contribution in [0.15, 0.2) is 24.3 Å². The molecule has 18 heavy (non-hydrogen) atoms. The Labute approximate surface area is 109 Å². The molecule has 1 heterocycles. The lowest BCUT2D eigenvalue weighted by molar-refractivity contribution is -0.0105. The van der Waals surface area contributed by atoms with Gasteiger partial charge in [0.05, 0.1) is 18.2 Å². The molecule has 0 saturated carbocycles. The SMILES string of the molecule is CCOc1cccc(C(NC)C2(C)CCCO2)c1. The van der Waals surface area contributed by atoms with Crippen LogP contribution < -0.4 is 10.1 Å². The van der Waals surface area contributed by atoms with Crippen molar-refractivity contribution in [2.45, 2.75) is 38.3 Å². The van der Waals surface area contributed by atoms with Crippen molar-refractivity contribution in [3.8, 4) is 5.75 Å². The molecule has 3 heteroatoms. The van der Waals surface area contributed by atoms with Crippen molar-refractivity contribution < 1.29 is 9.47 Å². The molecule has 1 aliphatic rings. The number of nitrogens with one attached hydrogen (secondary N) is 1. The summed E-state index contributed by atoms with van der Waals surface area (Å²) in [7, 11) is 1.99. The first-order chi connectivity index (χ1) is 8.69. The molecule has 1 aromatic rings. The number of hydrogen-bond donors (Lipinski definition) is 1. The van der Waals surface area contributed by atoms with E-state index in [1.54, 1.807) is 0 Å². The van der Waals surface area contributed by atoms with Crippen LogP contribution in [0.3, 0.4) is 0 Å². The maximum atomic E-state index is 5.94. The van der Waals surface area contributed by atoms with Crippen molar-refractivity contribution in [2.24, 2.45) is 0 Å². The minimum Gasteiger partial charge on any atom is -0.494 e. The topological polar surface area (TPSA) is 30.5 Å². The molecule has 0 amide bonds. The minimum absolute atomic E-state index is 0.112. The summed E-state index contributed by atoms with van der Waals surface area (Å²) in [6, 6.07) is 8.50. The van der Waals surface area contributed by atoms with Crippen molar-refractivity contribution in [3.05, 3.63) is 29.8 Å². The first-order valence-electron chi connectivity index (χ1n) is 6.73. The molecule has 3 nitrogen and oxygen atoms in total. The largest absolute Gasteiger partial charge is 0.494 e. The molecule has 0 radical (unpaired) electrons. The van der Waals surface area contributed by atoms with Gasteiger partial charge in [0, 0.05) is 6.61 Å². The van der Waals surface area contributed by atoms with E-state index < -0.39 is 0 Å². The van der Waals surface area contributed by atoms with E-state index in [1.807, 2.05) is 26.1 Å². The summed E-state index contributed by atoms with van der Waals surface area (Å²) >= 11 is 0. The van der Waals surface area contributed by atoms with Gasteiger partial charge in [-0.05, 0) is 51.4 Å². The van der Waals surface area contributed by atoms with Crippen LogP contribution in [0.1, 0.15) is 38.3 Å². The number of hydrogen-bond acceptors (Lipinski definition) is 3. The Morgan fingerprint density at radius 3 is 2.94 bits per heavy atom. The molecule has 0 bridgehead atoms. The third-order valence-corrected chi connectivity index (χ3v) is 3.65. The number of likely N-dealkylation sites (N-methyl/N-ethyl adjacent to an activating group) is 1. The third-order valence-electron chi connectivity index (χ3n) is 3.65. The van der Waals surface area contributed by atoms with Gasteiger partial charge < -0.3 is 14.8 Å². The van der Waals surface area contributed by atoms with Crippen LogP contribution >= 0.6 is 0 Å². The van der Waals surface area contributed by atoms with Gasteiger partial charge in [0.25, 0.3) is 0 Å². The smallest absolute Gasteiger partial charge is 0.119 e. The predicted octanol–water partition coefficient (Wildman–Crippen LogP) is 2.91. The van der Waals surface area contributed by atoms with Crippen molar-refractivity contribution in [2.75, 3.05) is 20.3 Å². The average molecular weight is 249 g/mol. The molecule has 1 fully saturated rings. The maximum absolute atomic E-state index is 5.94. The highest BCUT2D eigenvalue weighted by Gasteiger charge is 2.38. The van der Waals surface area contributed by atoms with Crippen LogP contribution in [0, 0.1) is 0 Å². The van der Waals surface area contributed by atoms with E-state index >= 15 is 0 Å². The fourth-order valence-electron chi connectivity index (χ4n) is 2.80. The number of benzene rings is 1. The summed E-state index contributed by atoms with van der Waals surface area (Å²) in [5.74, 6) is 0.928. The fourth-order valence-corrected chi connectivity index (χ4v) is 2.80. The molecule has 2 atom stereocenters. The van der Waals surface area contributed by atoms with E-state index in [1.165, 1.54) is 5.56 Å². The Bertz CT molecular complexity index is 386. The second kappa shape index (κ2) is 5.72. The van der Waals surface area contributed by atoms with Crippen LogP contribution in [0.25, 0.3) is 0 Å². The van der Waals surface area contributed by atoms with Gasteiger partial charge in [-0.3, -0.25) is 0 Å². The van der Waals surface area contributed by atoms with Gasteiger partial charge in [0.2, 0.25) is 0 Å². The zero-order valence-corrected chi connectivity index (χ0v) is 11.5. The minimum atomic E-state index is -0.112. The standard InChI is InChI=1S/C15H23NO2/c1-4-17-13-8-5-7-12(11-13)14(16-3)15(2)9-6-10-18-15/h5,7-8,11,14,16H,4,6,9-10H2,1-3H3. The second-order valence-corrected chi connectivity index (χ2v) is 4.99. The van der Waals surface area contributed by atoms with E-state index in [4.69, 9.17) is 9.47 Å². The Morgan fingerprint density at radius 2 is 2.33 bits per heavy atom. The molecule has 1 N–H and O–H groups in total. The van der Waals surface area contributed by atoms with Gasteiger partial charge >= 0.3 is 0 Å². The molecule has 0 aliphatic carbocycles. The Balaban J connectivity index is 2.24. The van der Waals surface area contributed by atoms with Crippen LogP contribution in [-0.2, 0) is 4.74 Å². The van der Waals surface area contributed by atoms with Crippen molar-refractivity contribution in [1.82, 2.24) is 5.32 Å². The lowest BCUT2D eigenvalue weighted by atomic mass is 9.88. The lowest BCUT2D eigenvalue weighted by Gasteiger charge is -2.33. The molecule has 2 unspecified atom stereocenters. The summed E-state index contributed by atoms with van der Waals surface area (Å²) in [5.41, 5.74) is 1.12. The van der Waals surface area contributed by atoms with Crippen molar-refractivity contribution in [3.63, 3.8) is 0 Å². The Hall–Kier alpha value is -1.06. The van der Waals surface area contributed by atoms with Crippen LogP contribution in [-0.4, -0.2) is 25.9 Å². The average Bonchev–Trinajstić information content (AvgIpc) is 2.79. The van der Waals surface area contributed by atoms with Gasteiger partial charge in [-0.1, -0.05) is 12.1 Å². The number of ether oxygens (including phenoxy) is 2. The summed E-state index contributed by atoms with van der Waals surface area (Å²) in [5, 5.41) is 3.39. The van der Waals surface area contributed by atoms with Crippen LogP contribution in [0.4, 0.5) is 0 Å². The molecule has 0 spiro atoms. The Morgan fingerprint density at radius 1 is 1.50 bits per heavy atom. The third kappa shape index (κ3) is 2.68. The molecule has 2 rings (SSSR count). The molecular formula is C15H23NO2. The van der Waals surface area contributed by atoms with E-state index in [-0.39, 0.29) is 11.6 Å². The normalized spacial score (nSPS) is 25.1. The zero-order chi connectivity index (χ0) is 13.0. The fraction of sp³-hybridized carbons (Fsp3) is 0.600. The molecular weight excluding hydrogens is 226 g/mol. The summed E-state index contributed by atoms with van der Waals surface area (Å²) in [4.78, 5) is 0. The molecule has 0 aromatic heterocycles. The van der Waals surface area contributed by atoms with Crippen LogP contribution in [0.5, 0.6) is 5.75 Å². The molecule has 100 valence electrons. The zero-order valence-electron chi connectivity index (χ0n) is 11.5. The van der Waals surface area contributed by atoms with E-state index in [0.717, 1.165) is 25.2 Å². The van der Waals surface area contributed by atoms with E-state index in [9.17, 15) is 0 Å². The quantitative estimate of drug-likeness (QED) is 0.870. The molecule has 1 saturated heterocycles. The second-order valence-electron chi connectivity index (χ2n) is 4.99. The lowest BCUT2D eigenvalue weighted by Crippen LogP contribution is -2.39. The predicted molar refractivity (Wildman–Crippen MR) is 73.0 cm³/mol. The summed E-state index contributed by atoms with van der Waals surface area (Å²) in [6.45, 7) is 5.75. The first-order valence-corrected chi connectivity index (χ1v) is 6.73. The van der Waals surface area contributed by atoms with Crippen LogP contribution in [0.2, 0.25) is 0 Å².